The molecule has 0 radical (unpaired) electrons. The minimum Gasteiger partial charge on any atom is -0.480 e. The summed E-state index contributed by atoms with van der Waals surface area (Å²) in [4.78, 5) is 36.3. The Labute approximate surface area is 197 Å². The van der Waals surface area contributed by atoms with Gasteiger partial charge in [-0.25, -0.2) is 9.59 Å². The number of anilines is 1. The van der Waals surface area contributed by atoms with Crippen LogP contribution in [0, 0.1) is 6.92 Å². The lowest BCUT2D eigenvalue weighted by Crippen LogP contribution is -2.40. The Morgan fingerprint density at radius 2 is 1.59 bits per heavy atom. The van der Waals surface area contributed by atoms with Crippen LogP contribution < -0.4 is 10.6 Å². The largest absolute Gasteiger partial charge is 0.480 e. The summed E-state index contributed by atoms with van der Waals surface area (Å²) in [5.41, 5.74) is 5.95. The van der Waals surface area contributed by atoms with Crippen molar-refractivity contribution in [3.8, 4) is 11.1 Å². The average molecular weight is 459 g/mol. The van der Waals surface area contributed by atoms with Crippen LogP contribution in [0.4, 0.5) is 10.5 Å². The topological polar surface area (TPSA) is 105 Å². The molecular formula is C27H26N2O5. The number of carbonyl (C=O) groups excluding carboxylic acids is 2. The number of fused-ring (bicyclic) bond motifs is 3. The Morgan fingerprint density at radius 3 is 2.18 bits per heavy atom. The fraction of sp³-hybridized carbons (Fsp3) is 0.222. The number of hydrogen-bond donors (Lipinski definition) is 3. The van der Waals surface area contributed by atoms with E-state index in [1.54, 1.807) is 26.0 Å². The van der Waals surface area contributed by atoms with Crippen molar-refractivity contribution in [1.29, 1.82) is 0 Å². The molecule has 0 fully saturated rings. The van der Waals surface area contributed by atoms with Gasteiger partial charge in [0.15, 0.2) is 0 Å². The van der Waals surface area contributed by atoms with Crippen molar-refractivity contribution in [2.24, 2.45) is 0 Å². The molecule has 7 heteroatoms. The smallest absolute Gasteiger partial charge is 0.411 e. The van der Waals surface area contributed by atoms with E-state index < -0.39 is 24.0 Å². The van der Waals surface area contributed by atoms with E-state index >= 15 is 0 Å². The Balaban J connectivity index is 1.44. The van der Waals surface area contributed by atoms with E-state index in [1.165, 1.54) is 6.07 Å². The van der Waals surface area contributed by atoms with Gasteiger partial charge >= 0.3 is 12.1 Å². The van der Waals surface area contributed by atoms with Crippen LogP contribution in [-0.2, 0) is 9.53 Å². The van der Waals surface area contributed by atoms with E-state index in [0.717, 1.165) is 27.8 Å². The second-order valence-electron chi connectivity index (χ2n) is 8.25. The number of benzene rings is 3. The molecule has 3 aromatic rings. The first-order valence-corrected chi connectivity index (χ1v) is 11.1. The monoisotopic (exact) mass is 458 g/mol. The number of nitrogens with one attached hydrogen (secondary N) is 2. The van der Waals surface area contributed by atoms with Crippen molar-refractivity contribution in [2.45, 2.75) is 32.2 Å². The number of hydrogen-bond acceptors (Lipinski definition) is 4. The van der Waals surface area contributed by atoms with Crippen LogP contribution in [0.1, 0.15) is 46.3 Å². The van der Waals surface area contributed by atoms with Gasteiger partial charge in [0.1, 0.15) is 12.6 Å². The first-order valence-electron chi connectivity index (χ1n) is 11.1. The minimum atomic E-state index is -1.10. The van der Waals surface area contributed by atoms with Gasteiger partial charge in [0, 0.05) is 17.2 Å². The van der Waals surface area contributed by atoms with Gasteiger partial charge in [-0.15, -0.1) is 0 Å². The molecule has 4 rings (SSSR count). The SMILES string of the molecule is CC[C@@H](NC(=O)c1ccc(C)c(NC(=O)OCC2c3ccccc3-c3ccccc32)c1)C(=O)O. The third-order valence-corrected chi connectivity index (χ3v) is 6.09. The Bertz CT molecular complexity index is 1210. The summed E-state index contributed by atoms with van der Waals surface area (Å²) in [6.07, 6.45) is -0.364. The fourth-order valence-electron chi connectivity index (χ4n) is 4.22. The molecule has 3 N–H and O–H groups in total. The van der Waals surface area contributed by atoms with Crippen LogP contribution in [0.3, 0.4) is 0 Å². The maximum absolute atomic E-state index is 12.6. The van der Waals surface area contributed by atoms with Crippen molar-refractivity contribution in [3.05, 3.63) is 89.0 Å². The molecular weight excluding hydrogens is 432 g/mol. The zero-order valence-corrected chi connectivity index (χ0v) is 19.0. The summed E-state index contributed by atoms with van der Waals surface area (Å²) < 4.78 is 5.58. The van der Waals surface area contributed by atoms with E-state index in [4.69, 9.17) is 9.84 Å². The quantitative estimate of drug-likeness (QED) is 0.465. The minimum absolute atomic E-state index is 0.0571. The summed E-state index contributed by atoms with van der Waals surface area (Å²) in [7, 11) is 0. The normalized spacial score (nSPS) is 12.9. The Morgan fingerprint density at radius 1 is 0.971 bits per heavy atom. The fourth-order valence-corrected chi connectivity index (χ4v) is 4.22. The average Bonchev–Trinajstić information content (AvgIpc) is 3.16. The molecule has 0 unspecified atom stereocenters. The highest BCUT2D eigenvalue weighted by Crippen LogP contribution is 2.44. The third kappa shape index (κ3) is 4.64. The van der Waals surface area contributed by atoms with Crippen LogP contribution >= 0.6 is 0 Å². The second-order valence-corrected chi connectivity index (χ2v) is 8.25. The highest BCUT2D eigenvalue weighted by molar-refractivity contribution is 5.98. The van der Waals surface area contributed by atoms with Crippen molar-refractivity contribution < 1.29 is 24.2 Å². The van der Waals surface area contributed by atoms with Gasteiger partial charge in [-0.1, -0.05) is 61.5 Å². The van der Waals surface area contributed by atoms with Gasteiger partial charge in [0.05, 0.1) is 0 Å². The number of aliphatic carboxylic acids is 1. The molecule has 1 aliphatic carbocycles. The number of carboxylic acids is 1. The summed E-state index contributed by atoms with van der Waals surface area (Å²) in [5.74, 6) is -1.68. The zero-order chi connectivity index (χ0) is 24.2. The van der Waals surface area contributed by atoms with Crippen molar-refractivity contribution >= 4 is 23.7 Å². The zero-order valence-electron chi connectivity index (χ0n) is 19.0. The van der Waals surface area contributed by atoms with Crippen LogP contribution in [0.2, 0.25) is 0 Å². The van der Waals surface area contributed by atoms with Crippen LogP contribution in [0.15, 0.2) is 66.7 Å². The summed E-state index contributed by atoms with van der Waals surface area (Å²) in [6, 6.07) is 20.0. The van der Waals surface area contributed by atoms with Crippen molar-refractivity contribution in [1.82, 2.24) is 5.32 Å². The number of carbonyl (C=O) groups is 3. The molecule has 0 spiro atoms. The van der Waals surface area contributed by atoms with Crippen LogP contribution in [0.5, 0.6) is 0 Å². The Hall–Kier alpha value is -4.13. The highest BCUT2D eigenvalue weighted by Gasteiger charge is 2.29. The second kappa shape index (κ2) is 9.79. The van der Waals surface area contributed by atoms with E-state index in [0.29, 0.717) is 5.69 Å². The first-order chi connectivity index (χ1) is 16.4. The summed E-state index contributed by atoms with van der Waals surface area (Å²) >= 11 is 0. The number of aryl methyl sites for hydroxylation is 1. The van der Waals surface area contributed by atoms with Gasteiger partial charge < -0.3 is 15.2 Å². The van der Waals surface area contributed by atoms with Gasteiger partial charge in [-0.3, -0.25) is 10.1 Å². The Kier molecular flexibility index (Phi) is 6.63. The van der Waals surface area contributed by atoms with Crippen LogP contribution in [0.25, 0.3) is 11.1 Å². The number of amides is 2. The molecule has 0 aromatic heterocycles. The number of rotatable bonds is 7. The van der Waals surface area contributed by atoms with Gasteiger partial charge in [0.25, 0.3) is 5.91 Å². The molecule has 0 bridgehead atoms. The van der Waals surface area contributed by atoms with Gasteiger partial charge in [-0.05, 0) is 53.3 Å². The molecule has 1 aliphatic rings. The molecule has 174 valence electrons. The van der Waals surface area contributed by atoms with E-state index in [9.17, 15) is 14.4 Å². The molecule has 0 heterocycles. The molecule has 0 saturated heterocycles. The number of carboxylic acid groups (broad SMARTS) is 1. The van der Waals surface area contributed by atoms with Crippen molar-refractivity contribution in [3.63, 3.8) is 0 Å². The predicted molar refractivity (Wildman–Crippen MR) is 129 cm³/mol. The van der Waals surface area contributed by atoms with E-state index in [2.05, 4.69) is 22.8 Å². The van der Waals surface area contributed by atoms with E-state index in [-0.39, 0.29) is 24.5 Å². The van der Waals surface area contributed by atoms with Crippen LogP contribution in [-0.4, -0.2) is 35.7 Å². The molecule has 34 heavy (non-hydrogen) atoms. The van der Waals surface area contributed by atoms with E-state index in [1.807, 2.05) is 36.4 Å². The number of ether oxygens (including phenoxy) is 1. The first kappa shape index (κ1) is 23.0. The lowest BCUT2D eigenvalue weighted by molar-refractivity contribution is -0.139. The predicted octanol–water partition coefficient (Wildman–Crippen LogP) is 4.95. The molecule has 7 nitrogen and oxygen atoms in total. The third-order valence-electron chi connectivity index (χ3n) is 6.09. The lowest BCUT2D eigenvalue weighted by atomic mass is 9.98. The highest BCUT2D eigenvalue weighted by atomic mass is 16.5. The molecule has 3 aromatic carbocycles. The standard InChI is InChI=1S/C27H26N2O5/c1-3-23(26(31)32)28-25(30)17-13-12-16(2)24(14-17)29-27(33)34-15-22-20-10-6-4-8-18(20)19-9-5-7-11-21(19)22/h4-14,22-23H,3,15H2,1-2H3,(H,28,30)(H,29,33)(H,31,32)/t23-/m1/s1. The van der Waals surface area contributed by atoms with Crippen molar-refractivity contribution in [2.75, 3.05) is 11.9 Å². The molecule has 0 saturated carbocycles. The maximum atomic E-state index is 12.6. The van der Waals surface area contributed by atoms with Gasteiger partial charge in [0.2, 0.25) is 0 Å². The van der Waals surface area contributed by atoms with Gasteiger partial charge in [-0.2, -0.15) is 0 Å². The molecule has 2 amide bonds. The summed E-state index contributed by atoms with van der Waals surface area (Å²) in [6.45, 7) is 3.65. The molecule has 1 atom stereocenters. The lowest BCUT2D eigenvalue weighted by Gasteiger charge is -2.16. The molecule has 0 aliphatic heterocycles. The summed E-state index contributed by atoms with van der Waals surface area (Å²) in [5, 5.41) is 14.4. The maximum Gasteiger partial charge on any atom is 0.411 e.